The minimum Gasteiger partial charge on any atom is -0.403 e. The van der Waals surface area contributed by atoms with E-state index in [0.717, 1.165) is 41.3 Å². The lowest BCUT2D eigenvalue weighted by atomic mass is 9.96. The molecule has 2 aliphatic heterocycles. The number of anilines is 2. The fourth-order valence-electron chi connectivity index (χ4n) is 4.41. The molecule has 0 spiro atoms. The predicted octanol–water partition coefficient (Wildman–Crippen LogP) is 3.37. The van der Waals surface area contributed by atoms with Crippen molar-refractivity contribution in [3.8, 4) is 11.5 Å². The molecule has 2 aromatic heterocycles. The number of Topliss-reactive ketones (excluding diaryl/α,β-unsaturated/α-hetero) is 1. The van der Waals surface area contributed by atoms with Crippen LogP contribution in [0.1, 0.15) is 16.7 Å². The summed E-state index contributed by atoms with van der Waals surface area (Å²) in [6, 6.07) is 21.6. The summed E-state index contributed by atoms with van der Waals surface area (Å²) < 4.78 is 11.2. The first kappa shape index (κ1) is 22.1. The Bertz CT molecular complexity index is 1390. The average molecular weight is 481 g/mol. The summed E-state index contributed by atoms with van der Waals surface area (Å²) in [5, 5.41) is 11.3. The lowest BCUT2D eigenvalue weighted by Gasteiger charge is -2.27. The molecule has 1 N–H and O–H groups in total. The van der Waals surface area contributed by atoms with Gasteiger partial charge >= 0.3 is 6.01 Å². The summed E-state index contributed by atoms with van der Waals surface area (Å²) in [6.07, 6.45) is 1.10. The van der Waals surface area contributed by atoms with Gasteiger partial charge in [0.15, 0.2) is 11.9 Å². The van der Waals surface area contributed by atoms with Crippen LogP contribution in [0.3, 0.4) is 0 Å². The smallest absolute Gasteiger partial charge is 0.317 e. The van der Waals surface area contributed by atoms with E-state index in [0.29, 0.717) is 24.7 Å². The van der Waals surface area contributed by atoms with Gasteiger partial charge in [0.1, 0.15) is 5.82 Å². The summed E-state index contributed by atoms with van der Waals surface area (Å²) in [6.45, 7) is 3.01. The highest BCUT2D eigenvalue weighted by atomic mass is 16.5. The van der Waals surface area contributed by atoms with E-state index < -0.39 is 6.17 Å². The van der Waals surface area contributed by atoms with Crippen LogP contribution < -0.4 is 10.2 Å². The zero-order chi connectivity index (χ0) is 24.3. The molecule has 1 saturated heterocycles. The molecule has 4 aromatic rings. The number of carbonyl (C=O) groups is 1. The number of benzene rings is 2. The minimum atomic E-state index is -0.859. The highest BCUT2D eigenvalue weighted by molar-refractivity contribution is 6.16. The molecule has 0 amide bonds. The number of pyridine rings is 1. The maximum Gasteiger partial charge on any atom is 0.317 e. The van der Waals surface area contributed by atoms with Crippen LogP contribution in [0.2, 0.25) is 0 Å². The molecule has 0 saturated carbocycles. The Morgan fingerprint density at radius 2 is 1.69 bits per heavy atom. The van der Waals surface area contributed by atoms with Crippen molar-refractivity contribution in [2.24, 2.45) is 4.99 Å². The van der Waals surface area contributed by atoms with Gasteiger partial charge in [-0.2, -0.15) is 0 Å². The Balaban J connectivity index is 1.25. The number of rotatable bonds is 5. The van der Waals surface area contributed by atoms with Gasteiger partial charge in [0, 0.05) is 36.8 Å². The van der Waals surface area contributed by atoms with Gasteiger partial charge in [0.2, 0.25) is 0 Å². The SMILES string of the molecule is O=C1Cc2ccccc2C(c2ccccc2)=NC1Nc1nnc(-c2ccc(N3CCOCC3)nc2)o1. The number of ketones is 1. The maximum absolute atomic E-state index is 13.1. The first-order valence-electron chi connectivity index (χ1n) is 11.9. The van der Waals surface area contributed by atoms with Crippen LogP contribution in [0.15, 0.2) is 82.3 Å². The molecular formula is C27H24N6O3. The van der Waals surface area contributed by atoms with Gasteiger partial charge in [-0.25, -0.2) is 4.98 Å². The van der Waals surface area contributed by atoms with Crippen molar-refractivity contribution in [3.63, 3.8) is 0 Å². The molecule has 36 heavy (non-hydrogen) atoms. The second kappa shape index (κ2) is 9.71. The van der Waals surface area contributed by atoms with Gasteiger partial charge in [-0.05, 0) is 17.7 Å². The molecule has 6 rings (SSSR count). The molecule has 0 radical (unpaired) electrons. The maximum atomic E-state index is 13.1. The molecule has 0 aliphatic carbocycles. The molecule has 1 fully saturated rings. The van der Waals surface area contributed by atoms with Gasteiger partial charge in [-0.1, -0.05) is 59.7 Å². The molecule has 0 bridgehead atoms. The Morgan fingerprint density at radius 3 is 2.50 bits per heavy atom. The van der Waals surface area contributed by atoms with Crippen molar-refractivity contribution >= 4 is 23.3 Å². The van der Waals surface area contributed by atoms with Crippen LogP contribution in [0.4, 0.5) is 11.8 Å². The number of nitrogens with zero attached hydrogens (tertiary/aromatic N) is 5. The van der Waals surface area contributed by atoms with Crippen LogP contribution in [-0.4, -0.2) is 59.1 Å². The second-order valence-electron chi connectivity index (χ2n) is 8.61. The topological polar surface area (TPSA) is 106 Å². The van der Waals surface area contributed by atoms with Crippen molar-refractivity contribution in [1.82, 2.24) is 15.2 Å². The van der Waals surface area contributed by atoms with Crippen LogP contribution >= 0.6 is 0 Å². The number of carbonyl (C=O) groups excluding carboxylic acids is 1. The van der Waals surface area contributed by atoms with Gasteiger partial charge in [-0.3, -0.25) is 9.79 Å². The van der Waals surface area contributed by atoms with Crippen LogP contribution in [0, 0.1) is 0 Å². The standard InChI is InChI=1S/C27H24N6O3/c34-22-16-19-8-4-5-9-21(19)24(18-6-2-1-3-7-18)29-25(22)30-27-32-31-26(36-27)20-10-11-23(28-17-20)33-12-14-35-15-13-33/h1-11,17,25H,12-16H2,(H,30,32). The number of ether oxygens (including phenoxy) is 1. The van der Waals surface area contributed by atoms with E-state index in [-0.39, 0.29) is 18.2 Å². The lowest BCUT2D eigenvalue weighted by molar-refractivity contribution is -0.119. The van der Waals surface area contributed by atoms with Gasteiger partial charge in [-0.15, -0.1) is 5.10 Å². The molecule has 4 heterocycles. The molecular weight excluding hydrogens is 456 g/mol. The van der Waals surface area contributed by atoms with Gasteiger partial charge in [0.25, 0.3) is 5.89 Å². The molecule has 2 aliphatic rings. The van der Waals surface area contributed by atoms with E-state index in [1.54, 1.807) is 6.20 Å². The third-order valence-electron chi connectivity index (χ3n) is 6.26. The van der Waals surface area contributed by atoms with Crippen molar-refractivity contribution in [1.29, 1.82) is 0 Å². The van der Waals surface area contributed by atoms with E-state index in [9.17, 15) is 4.79 Å². The first-order chi connectivity index (χ1) is 17.7. The number of morpholine rings is 1. The Labute approximate surface area is 207 Å². The zero-order valence-corrected chi connectivity index (χ0v) is 19.5. The number of aliphatic imine (C=N–C) groups is 1. The van der Waals surface area contributed by atoms with Crippen LogP contribution in [0.5, 0.6) is 0 Å². The van der Waals surface area contributed by atoms with E-state index in [1.165, 1.54) is 0 Å². The van der Waals surface area contributed by atoms with E-state index in [4.69, 9.17) is 14.1 Å². The molecule has 1 atom stereocenters. The number of nitrogens with one attached hydrogen (secondary N) is 1. The Kier molecular flexibility index (Phi) is 5.96. The van der Waals surface area contributed by atoms with Crippen molar-refractivity contribution in [3.05, 3.63) is 89.6 Å². The summed E-state index contributed by atoms with van der Waals surface area (Å²) in [7, 11) is 0. The number of hydrogen-bond acceptors (Lipinski definition) is 9. The van der Waals surface area contributed by atoms with E-state index >= 15 is 0 Å². The van der Waals surface area contributed by atoms with Crippen molar-refractivity contribution in [2.75, 3.05) is 36.5 Å². The Morgan fingerprint density at radius 1 is 0.889 bits per heavy atom. The largest absolute Gasteiger partial charge is 0.403 e. The molecule has 180 valence electrons. The fraction of sp³-hybridized carbons (Fsp3) is 0.222. The zero-order valence-electron chi connectivity index (χ0n) is 19.5. The Hall–Kier alpha value is -4.37. The molecule has 9 heteroatoms. The predicted molar refractivity (Wildman–Crippen MR) is 135 cm³/mol. The third-order valence-corrected chi connectivity index (χ3v) is 6.26. The van der Waals surface area contributed by atoms with Crippen LogP contribution in [0.25, 0.3) is 11.5 Å². The number of fused-ring (bicyclic) bond motifs is 1. The monoisotopic (exact) mass is 480 g/mol. The minimum absolute atomic E-state index is 0.0790. The lowest BCUT2D eigenvalue weighted by Crippen LogP contribution is -2.36. The summed E-state index contributed by atoms with van der Waals surface area (Å²) >= 11 is 0. The van der Waals surface area contributed by atoms with E-state index in [2.05, 4.69) is 25.4 Å². The highest BCUT2D eigenvalue weighted by Crippen LogP contribution is 2.25. The van der Waals surface area contributed by atoms with Crippen molar-refractivity contribution < 1.29 is 13.9 Å². The average Bonchev–Trinajstić information content (AvgIpc) is 3.36. The second-order valence-corrected chi connectivity index (χ2v) is 8.61. The molecule has 1 unspecified atom stereocenters. The molecule has 9 nitrogen and oxygen atoms in total. The normalized spacial score (nSPS) is 17.8. The van der Waals surface area contributed by atoms with Crippen molar-refractivity contribution in [2.45, 2.75) is 12.6 Å². The fourth-order valence-corrected chi connectivity index (χ4v) is 4.41. The highest BCUT2D eigenvalue weighted by Gasteiger charge is 2.27. The summed E-state index contributed by atoms with van der Waals surface area (Å²) in [5.74, 6) is 1.12. The third kappa shape index (κ3) is 4.48. The summed E-state index contributed by atoms with van der Waals surface area (Å²) in [5.41, 5.74) is 4.26. The molecule has 2 aromatic carbocycles. The number of aromatic nitrogens is 3. The van der Waals surface area contributed by atoms with E-state index in [1.807, 2.05) is 66.7 Å². The van der Waals surface area contributed by atoms with Crippen LogP contribution in [-0.2, 0) is 16.0 Å². The quantitative estimate of drug-likeness (QED) is 0.464. The van der Waals surface area contributed by atoms with Gasteiger partial charge in [0.05, 0.1) is 24.5 Å². The van der Waals surface area contributed by atoms with Gasteiger partial charge < -0.3 is 19.4 Å². The summed E-state index contributed by atoms with van der Waals surface area (Å²) in [4.78, 5) is 24.7. The number of hydrogen-bond donors (Lipinski definition) is 1. The first-order valence-corrected chi connectivity index (χ1v) is 11.9.